The van der Waals surface area contributed by atoms with Gasteiger partial charge in [0.15, 0.2) is 11.4 Å². The Bertz CT molecular complexity index is 1440. The second-order valence-corrected chi connectivity index (χ2v) is 11.7. The van der Waals surface area contributed by atoms with E-state index in [4.69, 9.17) is 18.7 Å². The summed E-state index contributed by atoms with van der Waals surface area (Å²) in [5.74, 6) is 0.290. The van der Waals surface area contributed by atoms with Crippen molar-refractivity contribution in [3.8, 4) is 22.8 Å². The number of pyridine rings is 1. The zero-order chi connectivity index (χ0) is 29.5. The average molecular weight is 587 g/mol. The zero-order valence-corrected chi connectivity index (χ0v) is 23.3. The molecular formula is C31H33F3N2O6. The van der Waals surface area contributed by atoms with Crippen molar-refractivity contribution in [2.45, 2.75) is 82.6 Å². The van der Waals surface area contributed by atoms with Crippen molar-refractivity contribution < 1.29 is 41.8 Å². The van der Waals surface area contributed by atoms with Crippen LogP contribution in [-0.4, -0.2) is 40.0 Å². The van der Waals surface area contributed by atoms with Crippen LogP contribution in [0.3, 0.4) is 0 Å². The third-order valence-electron chi connectivity index (χ3n) is 8.98. The van der Waals surface area contributed by atoms with E-state index in [0.29, 0.717) is 30.3 Å². The van der Waals surface area contributed by atoms with Gasteiger partial charge in [-0.15, -0.1) is 0 Å². The molecule has 4 aliphatic rings. The van der Waals surface area contributed by atoms with Crippen LogP contribution in [0.2, 0.25) is 0 Å². The highest BCUT2D eigenvalue weighted by molar-refractivity contribution is 5.88. The Balaban J connectivity index is 1.13. The molecule has 4 fully saturated rings. The molecule has 2 bridgehead atoms. The van der Waals surface area contributed by atoms with Gasteiger partial charge in [0, 0.05) is 28.5 Å². The summed E-state index contributed by atoms with van der Waals surface area (Å²) >= 11 is 0. The third kappa shape index (κ3) is 5.58. The van der Waals surface area contributed by atoms with E-state index in [0.717, 1.165) is 57.4 Å². The van der Waals surface area contributed by atoms with E-state index in [1.807, 2.05) is 0 Å². The lowest BCUT2D eigenvalue weighted by Gasteiger charge is -2.52. The quantitative estimate of drug-likeness (QED) is 0.248. The van der Waals surface area contributed by atoms with E-state index in [-0.39, 0.29) is 46.2 Å². The molecule has 0 atom stereocenters. The molecule has 42 heavy (non-hydrogen) atoms. The Labute approximate surface area is 241 Å². The second-order valence-electron chi connectivity index (χ2n) is 11.7. The maximum atomic E-state index is 13.8. The molecule has 8 nitrogen and oxygen atoms in total. The molecule has 1 aromatic carbocycles. The maximum Gasteiger partial charge on any atom is 0.417 e. The summed E-state index contributed by atoms with van der Waals surface area (Å²) in [6, 6.07) is 7.04. The van der Waals surface area contributed by atoms with Gasteiger partial charge >= 0.3 is 12.1 Å². The van der Waals surface area contributed by atoms with Crippen LogP contribution in [-0.2, 0) is 17.5 Å². The molecular weight excluding hydrogens is 553 g/mol. The van der Waals surface area contributed by atoms with Gasteiger partial charge in [-0.25, -0.2) is 9.78 Å². The molecule has 4 saturated carbocycles. The molecule has 0 radical (unpaired) electrons. The van der Waals surface area contributed by atoms with Crippen molar-refractivity contribution in [1.29, 1.82) is 0 Å². The number of alkyl halides is 3. The van der Waals surface area contributed by atoms with Gasteiger partial charge in [-0.2, -0.15) is 13.2 Å². The highest BCUT2D eigenvalue weighted by atomic mass is 19.4. The molecule has 4 aliphatic carbocycles. The number of carboxylic acid groups (broad SMARTS) is 1. The number of aromatic carboxylic acids is 1. The van der Waals surface area contributed by atoms with Crippen molar-refractivity contribution in [2.24, 2.45) is 5.41 Å². The standard InChI is InChI=1S/C31H33F3N2O6/c1-2-39-24-15-20(16-35-26(24)28(37)38)40-18-29-9-12-30(13-10-29,14-11-29)41-17-22-25(36-42-27(22)19-7-8-19)21-5-3-4-6-23(21)31(32,33)34/h3-6,15-16,19H,2,7-14,17-18H2,1H3,(H,37,38). The molecule has 1 N–H and O–H groups in total. The summed E-state index contributed by atoms with van der Waals surface area (Å²) in [7, 11) is 0. The van der Waals surface area contributed by atoms with E-state index >= 15 is 0 Å². The minimum absolute atomic E-state index is 0.0126. The number of benzene rings is 1. The smallest absolute Gasteiger partial charge is 0.417 e. The van der Waals surface area contributed by atoms with Crippen LogP contribution in [0.25, 0.3) is 11.3 Å². The van der Waals surface area contributed by atoms with Crippen molar-refractivity contribution in [3.63, 3.8) is 0 Å². The van der Waals surface area contributed by atoms with E-state index in [1.165, 1.54) is 18.3 Å². The van der Waals surface area contributed by atoms with Gasteiger partial charge in [0.05, 0.1) is 37.2 Å². The number of hydrogen-bond donors (Lipinski definition) is 1. The van der Waals surface area contributed by atoms with Crippen molar-refractivity contribution in [2.75, 3.05) is 13.2 Å². The van der Waals surface area contributed by atoms with Crippen molar-refractivity contribution in [3.05, 3.63) is 59.1 Å². The van der Waals surface area contributed by atoms with E-state index < -0.39 is 17.7 Å². The van der Waals surface area contributed by atoms with Crippen LogP contribution in [0.4, 0.5) is 13.2 Å². The Kier molecular flexibility index (Phi) is 7.41. The summed E-state index contributed by atoms with van der Waals surface area (Å²) in [5.41, 5.74) is -0.424. The lowest BCUT2D eigenvalue weighted by atomic mass is 9.59. The Morgan fingerprint density at radius 1 is 1.10 bits per heavy atom. The van der Waals surface area contributed by atoms with Gasteiger partial charge in [-0.05, 0) is 64.4 Å². The van der Waals surface area contributed by atoms with E-state index in [2.05, 4.69) is 10.1 Å². The van der Waals surface area contributed by atoms with E-state index in [1.54, 1.807) is 19.1 Å². The van der Waals surface area contributed by atoms with Crippen LogP contribution in [0.5, 0.6) is 11.5 Å². The fourth-order valence-electron chi connectivity index (χ4n) is 6.33. The van der Waals surface area contributed by atoms with Gasteiger partial charge in [0.1, 0.15) is 17.2 Å². The summed E-state index contributed by atoms with van der Waals surface area (Å²) < 4.78 is 65.2. The highest BCUT2D eigenvalue weighted by Crippen LogP contribution is 2.55. The molecule has 0 aliphatic heterocycles. The average Bonchev–Trinajstić information content (AvgIpc) is 3.74. The summed E-state index contributed by atoms with van der Waals surface area (Å²) in [6.07, 6.45) is 3.85. The van der Waals surface area contributed by atoms with Crippen molar-refractivity contribution >= 4 is 5.97 Å². The third-order valence-corrected chi connectivity index (χ3v) is 8.98. The number of aromatic nitrogens is 2. The first kappa shape index (κ1) is 28.5. The lowest BCUT2D eigenvalue weighted by molar-refractivity contribution is -0.150. The van der Waals surface area contributed by atoms with Crippen LogP contribution >= 0.6 is 0 Å². The predicted molar refractivity (Wildman–Crippen MR) is 144 cm³/mol. The van der Waals surface area contributed by atoms with Gasteiger partial charge in [0.2, 0.25) is 0 Å². The van der Waals surface area contributed by atoms with Crippen molar-refractivity contribution in [1.82, 2.24) is 10.1 Å². The second kappa shape index (κ2) is 10.9. The Morgan fingerprint density at radius 2 is 1.81 bits per heavy atom. The van der Waals surface area contributed by atoms with Gasteiger partial charge in [-0.1, -0.05) is 23.4 Å². The zero-order valence-electron chi connectivity index (χ0n) is 23.3. The van der Waals surface area contributed by atoms with Gasteiger partial charge in [-0.3, -0.25) is 0 Å². The number of carboxylic acids is 1. The largest absolute Gasteiger partial charge is 0.491 e. The molecule has 224 valence electrons. The van der Waals surface area contributed by atoms with Gasteiger partial charge in [0.25, 0.3) is 0 Å². The minimum atomic E-state index is -4.51. The first-order valence-corrected chi connectivity index (χ1v) is 14.4. The molecule has 2 heterocycles. The molecule has 0 unspecified atom stereocenters. The van der Waals surface area contributed by atoms with Gasteiger partial charge < -0.3 is 23.8 Å². The summed E-state index contributed by atoms with van der Waals surface area (Å²) in [5, 5.41) is 13.5. The summed E-state index contributed by atoms with van der Waals surface area (Å²) in [4.78, 5) is 15.4. The molecule has 7 rings (SSSR count). The summed E-state index contributed by atoms with van der Waals surface area (Å²) in [6.45, 7) is 2.71. The maximum absolute atomic E-state index is 13.8. The van der Waals surface area contributed by atoms with Crippen LogP contribution in [0.1, 0.15) is 91.6 Å². The fraction of sp³-hybridized carbons (Fsp3) is 0.516. The molecule has 0 saturated heterocycles. The minimum Gasteiger partial charge on any atom is -0.491 e. The lowest BCUT2D eigenvalue weighted by Crippen LogP contribution is -2.49. The number of fused-ring (bicyclic) bond motifs is 3. The molecule has 0 spiro atoms. The number of halogens is 3. The molecule has 3 aromatic rings. The Hall–Kier alpha value is -3.60. The molecule has 11 heteroatoms. The topological polar surface area (TPSA) is 104 Å². The highest BCUT2D eigenvalue weighted by Gasteiger charge is 2.50. The predicted octanol–water partition coefficient (Wildman–Crippen LogP) is 7.42. The monoisotopic (exact) mass is 586 g/mol. The number of rotatable bonds is 11. The number of nitrogens with zero attached hydrogens (tertiary/aromatic N) is 2. The Morgan fingerprint density at radius 3 is 2.45 bits per heavy atom. The molecule has 0 amide bonds. The fourth-order valence-corrected chi connectivity index (χ4v) is 6.33. The normalized spacial score (nSPS) is 23.6. The number of hydrogen-bond acceptors (Lipinski definition) is 7. The number of carbonyl (C=O) groups is 1. The number of ether oxygens (including phenoxy) is 3. The van der Waals surface area contributed by atoms with E-state index in [9.17, 15) is 23.1 Å². The first-order valence-electron chi connectivity index (χ1n) is 14.4. The molecule has 2 aromatic heterocycles. The van der Waals surface area contributed by atoms with Crippen LogP contribution in [0.15, 0.2) is 41.1 Å². The van der Waals surface area contributed by atoms with Crippen LogP contribution < -0.4 is 9.47 Å². The SMILES string of the molecule is CCOc1cc(OCC23CCC(OCc4c(-c5ccccc5C(F)(F)F)noc4C4CC4)(CC2)CC3)cnc1C(=O)O. The first-order chi connectivity index (χ1) is 20.1. The van der Waals surface area contributed by atoms with Crippen LogP contribution in [0, 0.1) is 5.41 Å².